The van der Waals surface area contributed by atoms with Gasteiger partial charge in [0, 0.05) is 6.54 Å². The zero-order chi connectivity index (χ0) is 16.1. The Kier molecular flexibility index (Phi) is 4.74. The van der Waals surface area contributed by atoms with Gasteiger partial charge in [0.05, 0.1) is 0 Å². The minimum Gasteiger partial charge on any atom is -0.489 e. The van der Waals surface area contributed by atoms with E-state index in [1.54, 1.807) is 0 Å². The van der Waals surface area contributed by atoms with E-state index in [-0.39, 0.29) is 0 Å². The number of rotatable bonds is 5. The van der Waals surface area contributed by atoms with Crippen LogP contribution in [0.4, 0.5) is 0 Å². The molecule has 2 nitrogen and oxygen atoms in total. The van der Waals surface area contributed by atoms with E-state index >= 15 is 0 Å². The second-order valence-corrected chi connectivity index (χ2v) is 5.60. The first-order chi connectivity index (χ1) is 11.3. The molecule has 2 N–H and O–H groups in total. The Morgan fingerprint density at radius 3 is 2.43 bits per heavy atom. The molecule has 0 bridgehead atoms. The van der Waals surface area contributed by atoms with Crippen molar-refractivity contribution in [3.05, 3.63) is 89.5 Å². The number of benzene rings is 3. The highest BCUT2D eigenvalue weighted by Gasteiger charge is 2.06. The van der Waals surface area contributed by atoms with Crippen LogP contribution in [0.5, 0.6) is 5.75 Å². The third-order valence-corrected chi connectivity index (χ3v) is 4.06. The molecule has 3 aromatic rings. The first-order valence-corrected chi connectivity index (χ1v) is 7.83. The molecule has 116 valence electrons. The van der Waals surface area contributed by atoms with Crippen LogP contribution in [0.1, 0.15) is 16.7 Å². The molecule has 0 fully saturated rings. The largest absolute Gasteiger partial charge is 0.489 e. The van der Waals surface area contributed by atoms with Crippen LogP contribution in [-0.4, -0.2) is 0 Å². The highest BCUT2D eigenvalue weighted by Crippen LogP contribution is 2.28. The average molecular weight is 303 g/mol. The van der Waals surface area contributed by atoms with Gasteiger partial charge in [-0.25, -0.2) is 0 Å². The molecule has 0 amide bonds. The van der Waals surface area contributed by atoms with Crippen LogP contribution in [0.3, 0.4) is 0 Å². The molecule has 0 atom stereocenters. The van der Waals surface area contributed by atoms with Gasteiger partial charge in [-0.05, 0) is 46.9 Å². The molecule has 23 heavy (non-hydrogen) atoms. The number of nitrogens with two attached hydrogens (primary N) is 1. The van der Waals surface area contributed by atoms with Gasteiger partial charge in [-0.1, -0.05) is 60.7 Å². The lowest BCUT2D eigenvalue weighted by Gasteiger charge is -2.12. The summed E-state index contributed by atoms with van der Waals surface area (Å²) in [6, 6.07) is 24.7. The molecular formula is C21H21NO. The molecule has 0 aromatic heterocycles. The first-order valence-electron chi connectivity index (χ1n) is 7.83. The fourth-order valence-electron chi connectivity index (χ4n) is 2.71. The van der Waals surface area contributed by atoms with E-state index in [4.69, 9.17) is 10.5 Å². The van der Waals surface area contributed by atoms with Crippen LogP contribution in [0.2, 0.25) is 0 Å². The van der Waals surface area contributed by atoms with Gasteiger partial charge in [-0.15, -0.1) is 0 Å². The smallest absolute Gasteiger partial charge is 0.120 e. The van der Waals surface area contributed by atoms with Gasteiger partial charge in [0.15, 0.2) is 0 Å². The number of hydrogen-bond donors (Lipinski definition) is 1. The van der Waals surface area contributed by atoms with E-state index in [0.717, 1.165) is 11.3 Å². The Balaban J connectivity index is 1.83. The zero-order valence-electron chi connectivity index (χ0n) is 13.3. The monoisotopic (exact) mass is 303 g/mol. The minimum atomic E-state index is 0.559. The molecule has 0 saturated carbocycles. The van der Waals surface area contributed by atoms with Gasteiger partial charge in [0.1, 0.15) is 12.4 Å². The van der Waals surface area contributed by atoms with Gasteiger partial charge >= 0.3 is 0 Å². The van der Waals surface area contributed by atoms with E-state index in [1.165, 1.54) is 22.3 Å². The van der Waals surface area contributed by atoms with Gasteiger partial charge < -0.3 is 10.5 Å². The van der Waals surface area contributed by atoms with Crippen LogP contribution in [0, 0.1) is 6.92 Å². The van der Waals surface area contributed by atoms with Crippen LogP contribution in [0.15, 0.2) is 72.8 Å². The lowest BCUT2D eigenvalue weighted by atomic mass is 9.96. The van der Waals surface area contributed by atoms with Crippen molar-refractivity contribution >= 4 is 0 Å². The predicted molar refractivity (Wildman–Crippen MR) is 95.3 cm³/mol. The van der Waals surface area contributed by atoms with Crippen LogP contribution in [-0.2, 0) is 13.2 Å². The summed E-state index contributed by atoms with van der Waals surface area (Å²) in [4.78, 5) is 0. The van der Waals surface area contributed by atoms with Gasteiger partial charge in [-0.2, -0.15) is 0 Å². The molecule has 3 aromatic carbocycles. The fourth-order valence-corrected chi connectivity index (χ4v) is 2.71. The van der Waals surface area contributed by atoms with E-state index in [2.05, 4.69) is 49.4 Å². The maximum absolute atomic E-state index is 5.93. The van der Waals surface area contributed by atoms with Crippen molar-refractivity contribution in [1.29, 1.82) is 0 Å². The Morgan fingerprint density at radius 1 is 0.870 bits per heavy atom. The molecule has 0 spiro atoms. The Labute approximate surface area is 137 Å². The molecule has 0 unspecified atom stereocenters. The molecule has 0 aliphatic carbocycles. The van der Waals surface area contributed by atoms with Crippen molar-refractivity contribution in [2.24, 2.45) is 5.73 Å². The Hall–Kier alpha value is -2.58. The van der Waals surface area contributed by atoms with E-state index < -0.39 is 0 Å². The van der Waals surface area contributed by atoms with E-state index in [0.29, 0.717) is 13.2 Å². The summed E-state index contributed by atoms with van der Waals surface area (Å²) < 4.78 is 5.93. The normalized spacial score (nSPS) is 10.5. The maximum Gasteiger partial charge on any atom is 0.120 e. The van der Waals surface area contributed by atoms with Crippen molar-refractivity contribution in [1.82, 2.24) is 0 Å². The van der Waals surface area contributed by atoms with Crippen molar-refractivity contribution < 1.29 is 4.74 Å². The van der Waals surface area contributed by atoms with Crippen molar-refractivity contribution in [2.75, 3.05) is 0 Å². The first kappa shape index (κ1) is 15.3. The highest BCUT2D eigenvalue weighted by molar-refractivity contribution is 5.69. The summed E-state index contributed by atoms with van der Waals surface area (Å²) in [6.07, 6.45) is 0. The van der Waals surface area contributed by atoms with E-state index in [1.807, 2.05) is 30.3 Å². The summed E-state index contributed by atoms with van der Waals surface area (Å²) >= 11 is 0. The number of ether oxygens (including phenoxy) is 1. The number of hydrogen-bond acceptors (Lipinski definition) is 2. The zero-order valence-corrected chi connectivity index (χ0v) is 13.3. The van der Waals surface area contributed by atoms with Crippen molar-refractivity contribution in [3.63, 3.8) is 0 Å². The summed E-state index contributed by atoms with van der Waals surface area (Å²) in [5, 5.41) is 0. The Morgan fingerprint density at radius 2 is 1.65 bits per heavy atom. The predicted octanol–water partition coefficient (Wildman–Crippen LogP) is 4.70. The molecule has 0 radical (unpaired) electrons. The molecule has 2 heteroatoms. The van der Waals surface area contributed by atoms with E-state index in [9.17, 15) is 0 Å². The highest BCUT2D eigenvalue weighted by atomic mass is 16.5. The SMILES string of the molecule is Cc1c(CN)cccc1-c1cccc(OCc2ccccc2)c1. The topological polar surface area (TPSA) is 35.2 Å². The van der Waals surface area contributed by atoms with Crippen LogP contribution < -0.4 is 10.5 Å². The van der Waals surface area contributed by atoms with Crippen molar-refractivity contribution in [2.45, 2.75) is 20.1 Å². The average Bonchev–Trinajstić information content (AvgIpc) is 2.61. The van der Waals surface area contributed by atoms with Gasteiger partial charge in [0.25, 0.3) is 0 Å². The van der Waals surface area contributed by atoms with Crippen molar-refractivity contribution in [3.8, 4) is 16.9 Å². The standard InChI is InChI=1S/C21H21NO/c1-16-19(14-22)10-6-12-21(16)18-9-5-11-20(13-18)23-15-17-7-3-2-4-8-17/h2-13H,14-15,22H2,1H3. The Bertz CT molecular complexity index is 781. The fraction of sp³-hybridized carbons (Fsp3) is 0.143. The summed E-state index contributed by atoms with van der Waals surface area (Å²) in [5.74, 6) is 0.879. The molecule has 0 aliphatic heterocycles. The van der Waals surface area contributed by atoms with Gasteiger partial charge in [-0.3, -0.25) is 0 Å². The molecule has 0 saturated heterocycles. The quantitative estimate of drug-likeness (QED) is 0.741. The second-order valence-electron chi connectivity index (χ2n) is 5.60. The third kappa shape index (κ3) is 3.61. The van der Waals surface area contributed by atoms with Crippen LogP contribution >= 0.6 is 0 Å². The lowest BCUT2D eigenvalue weighted by Crippen LogP contribution is -2.00. The molecule has 3 rings (SSSR count). The molecule has 0 aliphatic rings. The minimum absolute atomic E-state index is 0.559. The molecular weight excluding hydrogens is 282 g/mol. The third-order valence-electron chi connectivity index (χ3n) is 4.06. The summed E-state index contributed by atoms with van der Waals surface area (Å²) in [7, 11) is 0. The summed E-state index contributed by atoms with van der Waals surface area (Å²) in [5.41, 5.74) is 11.8. The van der Waals surface area contributed by atoms with Gasteiger partial charge in [0.2, 0.25) is 0 Å². The van der Waals surface area contributed by atoms with Crippen LogP contribution in [0.25, 0.3) is 11.1 Å². The molecule has 0 heterocycles. The maximum atomic E-state index is 5.93. The second kappa shape index (κ2) is 7.12. The lowest BCUT2D eigenvalue weighted by molar-refractivity contribution is 0.306. The summed E-state index contributed by atoms with van der Waals surface area (Å²) in [6.45, 7) is 3.25.